The number of aromatic nitrogens is 2. The Balaban J connectivity index is 1.98. The Morgan fingerprint density at radius 3 is 2.39 bits per heavy atom. The standard InChI is InChI=1S/C24H31ClN4O3S/c1-4-7-17(8-5-2)23(31)26-21-19-14-20(30)29(15-16-9-11-18(25)12-10-16)22(19)28-24(27-21)33(32)13-6-3/h9-12,17H,4-8,13-15H2,1-3H3,(H,26,27,28,31). The highest BCUT2D eigenvalue weighted by Gasteiger charge is 2.34. The van der Waals surface area contributed by atoms with E-state index in [9.17, 15) is 13.8 Å². The molecule has 1 aromatic carbocycles. The maximum atomic E-state index is 13.0. The van der Waals surface area contributed by atoms with Crippen molar-refractivity contribution < 1.29 is 13.8 Å². The molecule has 9 heteroatoms. The van der Waals surface area contributed by atoms with Gasteiger partial charge in [0, 0.05) is 22.3 Å². The van der Waals surface area contributed by atoms with Gasteiger partial charge in [0.05, 0.1) is 23.8 Å². The molecule has 7 nitrogen and oxygen atoms in total. The summed E-state index contributed by atoms with van der Waals surface area (Å²) in [6, 6.07) is 7.25. The molecule has 0 aliphatic carbocycles. The number of rotatable bonds is 11. The predicted molar refractivity (Wildman–Crippen MR) is 132 cm³/mol. The molecule has 2 heterocycles. The summed E-state index contributed by atoms with van der Waals surface area (Å²) >= 11 is 5.99. The maximum Gasteiger partial charge on any atom is 0.233 e. The van der Waals surface area contributed by atoms with Crippen molar-refractivity contribution >= 4 is 45.9 Å². The zero-order chi connectivity index (χ0) is 24.0. The van der Waals surface area contributed by atoms with Gasteiger partial charge in [-0.25, -0.2) is 9.97 Å². The van der Waals surface area contributed by atoms with Gasteiger partial charge in [-0.1, -0.05) is 57.3 Å². The fourth-order valence-electron chi connectivity index (χ4n) is 3.94. The molecule has 0 spiro atoms. The van der Waals surface area contributed by atoms with Crippen molar-refractivity contribution in [1.82, 2.24) is 9.97 Å². The van der Waals surface area contributed by atoms with Gasteiger partial charge in [0.15, 0.2) is 0 Å². The van der Waals surface area contributed by atoms with E-state index in [2.05, 4.69) is 29.1 Å². The van der Waals surface area contributed by atoms with Gasteiger partial charge in [0.1, 0.15) is 11.6 Å². The number of hydrogen-bond acceptors (Lipinski definition) is 5. The molecule has 0 saturated heterocycles. The average Bonchev–Trinajstić information content (AvgIpc) is 3.10. The Hall–Kier alpha value is -2.32. The summed E-state index contributed by atoms with van der Waals surface area (Å²) in [6.45, 7) is 6.35. The first-order valence-corrected chi connectivity index (χ1v) is 13.2. The minimum atomic E-state index is -1.42. The van der Waals surface area contributed by atoms with Gasteiger partial charge in [0.2, 0.25) is 17.0 Å². The van der Waals surface area contributed by atoms with Crippen LogP contribution in [0.4, 0.5) is 11.6 Å². The molecular weight excluding hydrogens is 460 g/mol. The fraction of sp³-hybridized carbons (Fsp3) is 0.500. The number of halogens is 1. The Bertz CT molecular complexity index is 1020. The summed E-state index contributed by atoms with van der Waals surface area (Å²) in [4.78, 5) is 36.5. The quantitative estimate of drug-likeness (QED) is 0.452. The molecular formula is C24H31ClN4O3S. The lowest BCUT2D eigenvalue weighted by atomic mass is 9.97. The molecule has 0 radical (unpaired) electrons. The second kappa shape index (κ2) is 11.7. The van der Waals surface area contributed by atoms with Gasteiger partial charge in [-0.2, -0.15) is 0 Å². The molecule has 0 saturated carbocycles. The smallest absolute Gasteiger partial charge is 0.233 e. The van der Waals surface area contributed by atoms with Crippen LogP contribution in [0.5, 0.6) is 0 Å². The van der Waals surface area contributed by atoms with E-state index in [1.54, 1.807) is 17.0 Å². The molecule has 3 rings (SSSR count). The van der Waals surface area contributed by atoms with Gasteiger partial charge >= 0.3 is 0 Å². The highest BCUT2D eigenvalue weighted by atomic mass is 35.5. The Morgan fingerprint density at radius 1 is 1.12 bits per heavy atom. The molecule has 0 bridgehead atoms. The number of nitrogens with zero attached hydrogens (tertiary/aromatic N) is 3. The van der Waals surface area contributed by atoms with Crippen LogP contribution in [0, 0.1) is 5.92 Å². The van der Waals surface area contributed by atoms with Crippen molar-refractivity contribution in [3.63, 3.8) is 0 Å². The molecule has 1 atom stereocenters. The molecule has 2 aromatic rings. The lowest BCUT2D eigenvalue weighted by Crippen LogP contribution is -2.27. The van der Waals surface area contributed by atoms with E-state index in [0.29, 0.717) is 40.9 Å². The van der Waals surface area contributed by atoms with Crippen molar-refractivity contribution in [3.8, 4) is 0 Å². The van der Waals surface area contributed by atoms with Crippen LogP contribution in [-0.4, -0.2) is 31.7 Å². The minimum absolute atomic E-state index is 0.0887. The van der Waals surface area contributed by atoms with Crippen molar-refractivity contribution in [3.05, 3.63) is 40.4 Å². The first kappa shape index (κ1) is 25.3. The minimum Gasteiger partial charge on any atom is -0.310 e. The molecule has 2 amide bonds. The van der Waals surface area contributed by atoms with Crippen molar-refractivity contribution in [2.45, 2.75) is 71.0 Å². The molecule has 33 heavy (non-hydrogen) atoms. The predicted octanol–water partition coefficient (Wildman–Crippen LogP) is 4.89. The summed E-state index contributed by atoms with van der Waals surface area (Å²) in [5, 5.41) is 3.70. The number of amides is 2. The van der Waals surface area contributed by atoms with Crippen molar-refractivity contribution in [2.24, 2.45) is 5.92 Å². The van der Waals surface area contributed by atoms with E-state index < -0.39 is 10.8 Å². The number of benzene rings is 1. The zero-order valence-electron chi connectivity index (χ0n) is 19.4. The number of hydrogen-bond donors (Lipinski definition) is 1. The lowest BCUT2D eigenvalue weighted by Gasteiger charge is -2.19. The zero-order valence-corrected chi connectivity index (χ0v) is 21.0. The van der Waals surface area contributed by atoms with E-state index in [-0.39, 0.29) is 29.3 Å². The van der Waals surface area contributed by atoms with Crippen LogP contribution in [0.1, 0.15) is 64.0 Å². The average molecular weight is 491 g/mol. The molecule has 1 N–H and O–H groups in total. The lowest BCUT2D eigenvalue weighted by molar-refractivity contribution is -0.120. The number of carbonyl (C=O) groups excluding carboxylic acids is 2. The first-order chi connectivity index (χ1) is 15.9. The van der Waals surface area contributed by atoms with Crippen LogP contribution >= 0.6 is 11.6 Å². The largest absolute Gasteiger partial charge is 0.310 e. The van der Waals surface area contributed by atoms with Crippen LogP contribution in [0.3, 0.4) is 0 Å². The summed E-state index contributed by atoms with van der Waals surface area (Å²) in [7, 11) is -1.42. The van der Waals surface area contributed by atoms with Crippen LogP contribution in [0.15, 0.2) is 29.4 Å². The van der Waals surface area contributed by atoms with Gasteiger partial charge in [-0.05, 0) is 37.0 Å². The third kappa shape index (κ3) is 6.18. The summed E-state index contributed by atoms with van der Waals surface area (Å²) in [6.07, 6.45) is 4.16. The molecule has 1 aliphatic rings. The van der Waals surface area contributed by atoms with Crippen LogP contribution in [0.25, 0.3) is 0 Å². The molecule has 0 fully saturated rings. The molecule has 178 valence electrons. The summed E-state index contributed by atoms with van der Waals surface area (Å²) in [5.74, 6) is 0.747. The molecule has 1 unspecified atom stereocenters. The van der Waals surface area contributed by atoms with Gasteiger partial charge in [-0.3, -0.25) is 18.7 Å². The van der Waals surface area contributed by atoms with Gasteiger partial charge in [0.25, 0.3) is 0 Å². The monoisotopic (exact) mass is 490 g/mol. The Kier molecular flexibility index (Phi) is 8.97. The Labute approximate surface area is 202 Å². The highest BCUT2D eigenvalue weighted by molar-refractivity contribution is 7.84. The third-order valence-electron chi connectivity index (χ3n) is 5.58. The number of anilines is 2. The van der Waals surface area contributed by atoms with Crippen molar-refractivity contribution in [2.75, 3.05) is 16.0 Å². The third-order valence-corrected chi connectivity index (χ3v) is 7.20. The molecule has 1 aromatic heterocycles. The topological polar surface area (TPSA) is 92.3 Å². The SMILES string of the molecule is CCCC(CCC)C(=O)Nc1nc(S(=O)CCC)nc2c1CC(=O)N2Cc1ccc(Cl)cc1. The first-order valence-electron chi connectivity index (χ1n) is 11.5. The van der Waals surface area contributed by atoms with Crippen LogP contribution in [-0.2, 0) is 33.4 Å². The van der Waals surface area contributed by atoms with E-state index in [1.807, 2.05) is 19.1 Å². The Morgan fingerprint density at radius 2 is 1.79 bits per heavy atom. The number of nitrogens with one attached hydrogen (secondary N) is 1. The fourth-order valence-corrected chi connectivity index (χ4v) is 5.00. The van der Waals surface area contributed by atoms with E-state index in [1.165, 1.54) is 0 Å². The van der Waals surface area contributed by atoms with Gasteiger partial charge < -0.3 is 5.32 Å². The number of fused-ring (bicyclic) bond motifs is 1. The van der Waals surface area contributed by atoms with E-state index >= 15 is 0 Å². The summed E-state index contributed by atoms with van der Waals surface area (Å²) < 4.78 is 12.8. The van der Waals surface area contributed by atoms with Crippen LogP contribution < -0.4 is 10.2 Å². The summed E-state index contributed by atoms with van der Waals surface area (Å²) in [5.41, 5.74) is 1.47. The molecule has 1 aliphatic heterocycles. The second-order valence-electron chi connectivity index (χ2n) is 8.25. The maximum absolute atomic E-state index is 13.0. The van der Waals surface area contributed by atoms with E-state index in [4.69, 9.17) is 11.6 Å². The number of carbonyl (C=O) groups is 2. The normalized spacial score (nSPS) is 14.0. The van der Waals surface area contributed by atoms with Gasteiger partial charge in [-0.15, -0.1) is 0 Å². The highest BCUT2D eigenvalue weighted by Crippen LogP contribution is 2.34. The van der Waals surface area contributed by atoms with Crippen molar-refractivity contribution in [1.29, 1.82) is 0 Å². The second-order valence-corrected chi connectivity index (χ2v) is 10.2. The van der Waals surface area contributed by atoms with Crippen LogP contribution in [0.2, 0.25) is 5.02 Å². The van der Waals surface area contributed by atoms with E-state index in [0.717, 1.165) is 31.2 Å².